The minimum Gasteiger partial charge on any atom is -0.352 e. The molecule has 19 heavy (non-hydrogen) atoms. The second kappa shape index (κ2) is 4.99. The van der Waals surface area contributed by atoms with Crippen molar-refractivity contribution in [3.05, 3.63) is 35.9 Å². The summed E-state index contributed by atoms with van der Waals surface area (Å²) >= 11 is 0. The second-order valence-electron chi connectivity index (χ2n) is 6.47. The van der Waals surface area contributed by atoms with E-state index in [1.165, 1.54) is 31.2 Å². The number of carbonyl (C=O) groups excluding carboxylic acids is 1. The van der Waals surface area contributed by atoms with Crippen molar-refractivity contribution in [3.8, 4) is 0 Å². The first-order valence-electron chi connectivity index (χ1n) is 7.52. The SMILES string of the molecule is CC1(C2CCCC2)CC(=O)NC1Cc1ccccc1. The summed E-state index contributed by atoms with van der Waals surface area (Å²) in [5.74, 6) is 0.968. The molecule has 2 unspecified atom stereocenters. The molecule has 0 radical (unpaired) electrons. The van der Waals surface area contributed by atoms with Gasteiger partial charge in [-0.2, -0.15) is 0 Å². The maximum absolute atomic E-state index is 11.9. The second-order valence-corrected chi connectivity index (χ2v) is 6.47. The molecule has 0 bridgehead atoms. The summed E-state index contributed by atoms with van der Waals surface area (Å²) in [6.45, 7) is 2.33. The van der Waals surface area contributed by atoms with Gasteiger partial charge in [0, 0.05) is 12.5 Å². The van der Waals surface area contributed by atoms with Crippen LogP contribution in [0.25, 0.3) is 0 Å². The van der Waals surface area contributed by atoms with Crippen LogP contribution in [-0.2, 0) is 11.2 Å². The average molecular weight is 257 g/mol. The first-order chi connectivity index (χ1) is 9.18. The van der Waals surface area contributed by atoms with Crippen molar-refractivity contribution in [1.29, 1.82) is 0 Å². The Morgan fingerprint density at radius 1 is 1.21 bits per heavy atom. The quantitative estimate of drug-likeness (QED) is 0.884. The molecule has 102 valence electrons. The van der Waals surface area contributed by atoms with E-state index >= 15 is 0 Å². The summed E-state index contributed by atoms with van der Waals surface area (Å²) in [4.78, 5) is 11.9. The molecule has 1 heterocycles. The number of amides is 1. The van der Waals surface area contributed by atoms with E-state index in [1.807, 2.05) is 6.07 Å². The van der Waals surface area contributed by atoms with Crippen LogP contribution < -0.4 is 5.32 Å². The topological polar surface area (TPSA) is 29.1 Å². The van der Waals surface area contributed by atoms with Crippen LogP contribution in [0.15, 0.2) is 30.3 Å². The van der Waals surface area contributed by atoms with Crippen molar-refractivity contribution in [3.63, 3.8) is 0 Å². The molecule has 1 aliphatic carbocycles. The van der Waals surface area contributed by atoms with E-state index in [-0.39, 0.29) is 11.3 Å². The fourth-order valence-corrected chi connectivity index (χ4v) is 4.03. The first kappa shape index (κ1) is 12.7. The molecule has 3 rings (SSSR count). The number of rotatable bonds is 3. The van der Waals surface area contributed by atoms with Crippen molar-refractivity contribution in [2.45, 2.75) is 51.5 Å². The van der Waals surface area contributed by atoms with Crippen molar-refractivity contribution in [2.24, 2.45) is 11.3 Å². The van der Waals surface area contributed by atoms with E-state index in [1.54, 1.807) is 0 Å². The van der Waals surface area contributed by atoms with Gasteiger partial charge >= 0.3 is 0 Å². The Morgan fingerprint density at radius 3 is 2.58 bits per heavy atom. The highest BCUT2D eigenvalue weighted by Crippen LogP contribution is 2.47. The lowest BCUT2D eigenvalue weighted by atomic mass is 9.69. The van der Waals surface area contributed by atoms with Crippen LogP contribution in [0.2, 0.25) is 0 Å². The molecular formula is C17H23NO. The summed E-state index contributed by atoms with van der Waals surface area (Å²) in [5, 5.41) is 3.23. The predicted molar refractivity (Wildman–Crippen MR) is 76.8 cm³/mol. The molecular weight excluding hydrogens is 234 g/mol. The van der Waals surface area contributed by atoms with E-state index < -0.39 is 0 Å². The molecule has 1 aromatic carbocycles. The molecule has 1 amide bonds. The Balaban J connectivity index is 1.80. The highest BCUT2D eigenvalue weighted by atomic mass is 16.2. The van der Waals surface area contributed by atoms with Gasteiger partial charge in [-0.1, -0.05) is 50.1 Å². The van der Waals surface area contributed by atoms with Crippen LogP contribution in [0.1, 0.15) is 44.6 Å². The Kier molecular flexibility index (Phi) is 3.34. The molecule has 0 aromatic heterocycles. The van der Waals surface area contributed by atoms with Gasteiger partial charge < -0.3 is 5.32 Å². The highest BCUT2D eigenvalue weighted by molar-refractivity contribution is 5.80. The van der Waals surface area contributed by atoms with E-state index in [0.717, 1.165) is 18.8 Å². The zero-order valence-corrected chi connectivity index (χ0v) is 11.7. The minimum absolute atomic E-state index is 0.156. The standard InChI is InChI=1S/C17H23NO/c1-17(14-9-5-6-10-14)12-16(19)18-15(17)11-13-7-3-2-4-8-13/h2-4,7-8,14-15H,5-6,9-12H2,1H3,(H,18,19). The summed E-state index contributed by atoms with van der Waals surface area (Å²) in [6.07, 6.45) is 6.97. The van der Waals surface area contributed by atoms with Crippen molar-refractivity contribution >= 4 is 5.91 Å². The lowest BCUT2D eigenvalue weighted by Crippen LogP contribution is -2.41. The van der Waals surface area contributed by atoms with Crippen LogP contribution >= 0.6 is 0 Å². The predicted octanol–water partition coefficient (Wildman–Crippen LogP) is 3.31. The molecule has 1 aromatic rings. The number of benzene rings is 1. The van der Waals surface area contributed by atoms with E-state index in [4.69, 9.17) is 0 Å². The molecule has 2 atom stereocenters. The molecule has 1 saturated heterocycles. The smallest absolute Gasteiger partial charge is 0.220 e. The summed E-state index contributed by atoms with van der Waals surface area (Å²) < 4.78 is 0. The Bertz CT molecular complexity index is 450. The molecule has 1 N–H and O–H groups in total. The maximum Gasteiger partial charge on any atom is 0.220 e. The number of hydrogen-bond acceptors (Lipinski definition) is 1. The van der Waals surface area contributed by atoms with Crippen LogP contribution in [0.4, 0.5) is 0 Å². The maximum atomic E-state index is 11.9. The Hall–Kier alpha value is -1.31. The summed E-state index contributed by atoms with van der Waals surface area (Å²) in [7, 11) is 0. The van der Waals surface area contributed by atoms with E-state index in [2.05, 4.69) is 36.5 Å². The highest BCUT2D eigenvalue weighted by Gasteiger charge is 2.48. The van der Waals surface area contributed by atoms with Gasteiger partial charge in [0.1, 0.15) is 0 Å². The largest absolute Gasteiger partial charge is 0.352 e. The van der Waals surface area contributed by atoms with Gasteiger partial charge in [-0.3, -0.25) is 4.79 Å². The zero-order chi connectivity index (χ0) is 13.3. The van der Waals surface area contributed by atoms with Crippen molar-refractivity contribution < 1.29 is 4.79 Å². The lowest BCUT2D eigenvalue weighted by molar-refractivity contribution is -0.119. The number of carbonyl (C=O) groups is 1. The van der Waals surface area contributed by atoms with Crippen LogP contribution in [-0.4, -0.2) is 11.9 Å². The van der Waals surface area contributed by atoms with Gasteiger partial charge in [0.15, 0.2) is 0 Å². The normalized spacial score (nSPS) is 31.6. The third-order valence-corrected chi connectivity index (χ3v) is 5.24. The number of hydrogen-bond donors (Lipinski definition) is 1. The average Bonchev–Trinajstić information content (AvgIpc) is 3.01. The fourth-order valence-electron chi connectivity index (χ4n) is 4.03. The minimum atomic E-state index is 0.156. The number of nitrogens with one attached hydrogen (secondary N) is 1. The first-order valence-corrected chi connectivity index (χ1v) is 7.52. The third-order valence-electron chi connectivity index (χ3n) is 5.24. The molecule has 2 heteroatoms. The molecule has 2 aliphatic rings. The molecule has 1 aliphatic heterocycles. The molecule has 0 spiro atoms. The summed E-state index contributed by atoms with van der Waals surface area (Å²) in [6, 6.07) is 10.9. The van der Waals surface area contributed by atoms with Gasteiger partial charge in [-0.25, -0.2) is 0 Å². The van der Waals surface area contributed by atoms with Gasteiger partial charge in [0.25, 0.3) is 0 Å². The van der Waals surface area contributed by atoms with E-state index in [9.17, 15) is 4.79 Å². The van der Waals surface area contributed by atoms with Crippen LogP contribution in [0, 0.1) is 11.3 Å². The van der Waals surface area contributed by atoms with Crippen LogP contribution in [0.3, 0.4) is 0 Å². The lowest BCUT2D eigenvalue weighted by Gasteiger charge is -2.36. The van der Waals surface area contributed by atoms with Crippen molar-refractivity contribution in [2.75, 3.05) is 0 Å². The molecule has 2 fully saturated rings. The van der Waals surface area contributed by atoms with Gasteiger partial charge in [-0.05, 0) is 36.2 Å². The fraction of sp³-hybridized carbons (Fsp3) is 0.588. The van der Waals surface area contributed by atoms with Gasteiger partial charge in [0.05, 0.1) is 0 Å². The molecule has 1 saturated carbocycles. The Morgan fingerprint density at radius 2 is 1.89 bits per heavy atom. The van der Waals surface area contributed by atoms with Gasteiger partial charge in [0.2, 0.25) is 5.91 Å². The monoisotopic (exact) mass is 257 g/mol. The van der Waals surface area contributed by atoms with E-state index in [0.29, 0.717) is 6.04 Å². The third kappa shape index (κ3) is 2.41. The zero-order valence-electron chi connectivity index (χ0n) is 11.7. The van der Waals surface area contributed by atoms with Crippen LogP contribution in [0.5, 0.6) is 0 Å². The molecule has 2 nitrogen and oxygen atoms in total. The van der Waals surface area contributed by atoms with Gasteiger partial charge in [-0.15, -0.1) is 0 Å². The van der Waals surface area contributed by atoms with Crippen molar-refractivity contribution in [1.82, 2.24) is 5.32 Å². The summed E-state index contributed by atoms with van der Waals surface area (Å²) in [5.41, 5.74) is 1.49. The Labute approximate surface area is 115 Å².